The third kappa shape index (κ3) is 3.89. The molecule has 0 N–H and O–H groups in total. The van der Waals surface area contributed by atoms with Gasteiger partial charge in [-0.25, -0.2) is 0 Å². The minimum absolute atomic E-state index is 0.142. The first kappa shape index (κ1) is 14.3. The van der Waals surface area contributed by atoms with Gasteiger partial charge in [-0.05, 0) is 42.0 Å². The van der Waals surface area contributed by atoms with Crippen LogP contribution in [0.5, 0.6) is 0 Å². The first-order valence-electron chi connectivity index (χ1n) is 6.13. The molecule has 94 valence electrons. The summed E-state index contributed by atoms with van der Waals surface area (Å²) in [5.41, 5.74) is 4.41. The summed E-state index contributed by atoms with van der Waals surface area (Å²) in [6.07, 6.45) is 11.2. The average Bonchev–Trinajstić information content (AvgIpc) is 2.34. The number of hydrogen-bond acceptors (Lipinski definition) is 1. The second-order valence-corrected chi connectivity index (χ2v) is 5.53. The van der Waals surface area contributed by atoms with E-state index >= 15 is 0 Å². The maximum absolute atomic E-state index is 5.30. The Labute approximate surface area is 111 Å². The molecule has 0 saturated carbocycles. The van der Waals surface area contributed by atoms with Crippen molar-refractivity contribution in [1.29, 1.82) is 0 Å². The van der Waals surface area contributed by atoms with Gasteiger partial charge in [-0.3, -0.25) is 4.98 Å². The standard InChI is InChI=1S/C17H21N/c1-7-13(2)8-9-14(3)16-11-10-15(12-18-16)17(4,5)6/h1,8-12H,2-6H3/b13-8-,14-9+. The Morgan fingerprint density at radius 3 is 2.33 bits per heavy atom. The molecule has 1 aromatic rings. The van der Waals surface area contributed by atoms with E-state index in [-0.39, 0.29) is 5.41 Å². The summed E-state index contributed by atoms with van der Waals surface area (Å²) in [4.78, 5) is 4.50. The van der Waals surface area contributed by atoms with Crippen LogP contribution in [-0.2, 0) is 5.41 Å². The Hall–Kier alpha value is -1.81. The number of aromatic nitrogens is 1. The van der Waals surface area contributed by atoms with Gasteiger partial charge in [-0.15, -0.1) is 6.42 Å². The molecule has 1 rings (SSSR count). The molecule has 0 spiro atoms. The highest BCUT2D eigenvalue weighted by atomic mass is 14.7. The zero-order valence-corrected chi connectivity index (χ0v) is 11.9. The van der Waals surface area contributed by atoms with Crippen LogP contribution < -0.4 is 0 Å². The molecule has 0 fully saturated rings. The molecule has 0 amide bonds. The molecule has 0 saturated heterocycles. The van der Waals surface area contributed by atoms with Crippen molar-refractivity contribution in [3.8, 4) is 12.3 Å². The van der Waals surface area contributed by atoms with Crippen molar-refractivity contribution in [3.63, 3.8) is 0 Å². The van der Waals surface area contributed by atoms with Crippen LogP contribution in [0.1, 0.15) is 45.9 Å². The lowest BCUT2D eigenvalue weighted by Gasteiger charge is -2.18. The monoisotopic (exact) mass is 239 g/mol. The van der Waals surface area contributed by atoms with Crippen LogP contribution >= 0.6 is 0 Å². The summed E-state index contributed by atoms with van der Waals surface area (Å²) >= 11 is 0. The molecule has 0 atom stereocenters. The maximum atomic E-state index is 5.30. The molecule has 18 heavy (non-hydrogen) atoms. The van der Waals surface area contributed by atoms with Gasteiger partial charge in [0, 0.05) is 6.20 Å². The van der Waals surface area contributed by atoms with Gasteiger partial charge in [0.1, 0.15) is 0 Å². The Morgan fingerprint density at radius 1 is 1.22 bits per heavy atom. The Bertz CT molecular complexity index is 502. The van der Waals surface area contributed by atoms with E-state index in [2.05, 4.69) is 43.8 Å². The van der Waals surface area contributed by atoms with Gasteiger partial charge < -0.3 is 0 Å². The van der Waals surface area contributed by atoms with Crippen molar-refractivity contribution in [1.82, 2.24) is 4.98 Å². The van der Waals surface area contributed by atoms with Crippen LogP contribution in [0.3, 0.4) is 0 Å². The fourth-order valence-electron chi connectivity index (χ4n) is 1.45. The minimum Gasteiger partial charge on any atom is -0.256 e. The summed E-state index contributed by atoms with van der Waals surface area (Å²) in [6.45, 7) is 10.5. The van der Waals surface area contributed by atoms with Gasteiger partial charge in [0.2, 0.25) is 0 Å². The molecular weight excluding hydrogens is 218 g/mol. The highest BCUT2D eigenvalue weighted by Crippen LogP contribution is 2.22. The molecule has 1 heteroatoms. The normalized spacial score (nSPS) is 13.3. The van der Waals surface area contributed by atoms with Crippen molar-refractivity contribution in [2.24, 2.45) is 0 Å². The number of terminal acetylenes is 1. The average molecular weight is 239 g/mol. The largest absolute Gasteiger partial charge is 0.256 e. The van der Waals surface area contributed by atoms with Crippen molar-refractivity contribution in [2.45, 2.75) is 40.0 Å². The summed E-state index contributed by atoms with van der Waals surface area (Å²) in [5, 5.41) is 0. The smallest absolute Gasteiger partial charge is 0.0658 e. The zero-order chi connectivity index (χ0) is 13.8. The minimum atomic E-state index is 0.142. The van der Waals surface area contributed by atoms with Crippen molar-refractivity contribution in [3.05, 3.63) is 47.3 Å². The number of hydrogen-bond donors (Lipinski definition) is 0. The van der Waals surface area contributed by atoms with Crippen LogP contribution in [0, 0.1) is 12.3 Å². The van der Waals surface area contributed by atoms with Gasteiger partial charge in [-0.1, -0.05) is 44.9 Å². The Balaban J connectivity index is 2.97. The molecule has 0 aliphatic carbocycles. The van der Waals surface area contributed by atoms with Gasteiger partial charge in [0.05, 0.1) is 5.69 Å². The highest BCUT2D eigenvalue weighted by Gasteiger charge is 2.13. The molecule has 0 aliphatic heterocycles. The topological polar surface area (TPSA) is 12.9 Å². The number of rotatable bonds is 2. The van der Waals surface area contributed by atoms with E-state index in [1.54, 1.807) is 0 Å². The van der Waals surface area contributed by atoms with E-state index in [4.69, 9.17) is 6.42 Å². The molecule has 1 heterocycles. The highest BCUT2D eigenvalue weighted by molar-refractivity contribution is 5.62. The van der Waals surface area contributed by atoms with E-state index in [9.17, 15) is 0 Å². The first-order chi connectivity index (χ1) is 8.34. The van der Waals surface area contributed by atoms with Crippen molar-refractivity contribution in [2.75, 3.05) is 0 Å². The van der Waals surface area contributed by atoms with Crippen LogP contribution in [-0.4, -0.2) is 4.98 Å². The molecule has 0 aromatic carbocycles. The second-order valence-electron chi connectivity index (χ2n) is 5.53. The fourth-order valence-corrected chi connectivity index (χ4v) is 1.45. The fraction of sp³-hybridized carbons (Fsp3) is 0.353. The van der Waals surface area contributed by atoms with E-state index in [1.807, 2.05) is 32.2 Å². The number of nitrogens with zero attached hydrogens (tertiary/aromatic N) is 1. The van der Waals surface area contributed by atoms with Crippen LogP contribution in [0.4, 0.5) is 0 Å². The van der Waals surface area contributed by atoms with Crippen molar-refractivity contribution < 1.29 is 0 Å². The lowest BCUT2D eigenvalue weighted by atomic mass is 9.88. The predicted octanol–water partition coefficient (Wildman–Crippen LogP) is 4.36. The number of allylic oxidation sites excluding steroid dienone is 4. The summed E-state index contributed by atoms with van der Waals surface area (Å²) in [5.74, 6) is 2.60. The van der Waals surface area contributed by atoms with E-state index in [1.165, 1.54) is 5.56 Å². The SMILES string of the molecule is C#C/C(C)=C\C=C(/C)c1ccc(C(C)(C)C)cn1. The van der Waals surface area contributed by atoms with Gasteiger partial charge in [-0.2, -0.15) is 0 Å². The van der Waals surface area contributed by atoms with Crippen LogP contribution in [0.15, 0.2) is 36.1 Å². The van der Waals surface area contributed by atoms with Crippen LogP contribution in [0.2, 0.25) is 0 Å². The lowest BCUT2D eigenvalue weighted by molar-refractivity contribution is 0.587. The third-order valence-corrected chi connectivity index (χ3v) is 2.84. The molecule has 0 aliphatic rings. The molecule has 0 bridgehead atoms. The third-order valence-electron chi connectivity index (χ3n) is 2.84. The summed E-state index contributed by atoms with van der Waals surface area (Å²) < 4.78 is 0. The van der Waals surface area contributed by atoms with E-state index in [0.29, 0.717) is 0 Å². The summed E-state index contributed by atoms with van der Waals surface area (Å²) in [7, 11) is 0. The Kier molecular flexibility index (Phi) is 4.50. The predicted molar refractivity (Wildman–Crippen MR) is 79.2 cm³/mol. The first-order valence-corrected chi connectivity index (χ1v) is 6.13. The van der Waals surface area contributed by atoms with Gasteiger partial charge in [0.25, 0.3) is 0 Å². The number of pyridine rings is 1. The lowest BCUT2D eigenvalue weighted by Crippen LogP contribution is -2.11. The quantitative estimate of drug-likeness (QED) is 0.552. The van der Waals surface area contributed by atoms with Crippen LogP contribution in [0.25, 0.3) is 5.57 Å². The molecule has 0 radical (unpaired) electrons. The maximum Gasteiger partial charge on any atom is 0.0658 e. The van der Waals surface area contributed by atoms with E-state index in [0.717, 1.165) is 16.8 Å². The van der Waals surface area contributed by atoms with E-state index < -0.39 is 0 Å². The molecule has 0 unspecified atom stereocenters. The molecular formula is C17H21N. The molecule has 1 nitrogen and oxygen atoms in total. The molecule has 1 aromatic heterocycles. The van der Waals surface area contributed by atoms with Gasteiger partial charge in [0.15, 0.2) is 0 Å². The summed E-state index contributed by atoms with van der Waals surface area (Å²) in [6, 6.07) is 4.20. The van der Waals surface area contributed by atoms with Crippen molar-refractivity contribution >= 4 is 5.57 Å². The van der Waals surface area contributed by atoms with Gasteiger partial charge >= 0.3 is 0 Å². The Morgan fingerprint density at radius 2 is 1.89 bits per heavy atom. The second kappa shape index (κ2) is 5.69. The zero-order valence-electron chi connectivity index (χ0n) is 11.9.